The molecular formula is C12H17N3O2S. The van der Waals surface area contributed by atoms with Crippen LogP contribution in [0.5, 0.6) is 0 Å². The molecule has 1 aromatic rings. The quantitative estimate of drug-likeness (QED) is 0.702. The molecule has 0 saturated carbocycles. The van der Waals surface area contributed by atoms with Gasteiger partial charge in [0, 0.05) is 19.6 Å². The van der Waals surface area contributed by atoms with Crippen molar-refractivity contribution >= 4 is 10.0 Å². The summed E-state index contributed by atoms with van der Waals surface area (Å²) in [6.07, 6.45) is 1.12. The van der Waals surface area contributed by atoms with Crippen LogP contribution in [-0.2, 0) is 10.0 Å². The largest absolute Gasteiger partial charge is 0.314 e. The van der Waals surface area contributed by atoms with Gasteiger partial charge in [0.2, 0.25) is 10.0 Å². The van der Waals surface area contributed by atoms with E-state index in [-0.39, 0.29) is 5.92 Å². The Balaban J connectivity index is 2.32. The summed E-state index contributed by atoms with van der Waals surface area (Å²) >= 11 is 0. The van der Waals surface area contributed by atoms with Crippen LogP contribution in [0.15, 0.2) is 30.3 Å². The lowest BCUT2D eigenvalue weighted by Crippen LogP contribution is -2.32. The average molecular weight is 267 g/mol. The molecule has 98 valence electrons. The Bertz CT molecular complexity index is 494. The minimum atomic E-state index is -3.14. The first kappa shape index (κ1) is 14.6. The lowest BCUT2D eigenvalue weighted by Gasteiger charge is -2.10. The van der Waals surface area contributed by atoms with Crippen LogP contribution in [0.4, 0.5) is 0 Å². The van der Waals surface area contributed by atoms with E-state index >= 15 is 0 Å². The van der Waals surface area contributed by atoms with Crippen LogP contribution in [0.25, 0.3) is 0 Å². The van der Waals surface area contributed by atoms with Gasteiger partial charge in [0.25, 0.3) is 0 Å². The van der Waals surface area contributed by atoms with Crippen LogP contribution in [0.3, 0.4) is 0 Å². The second-order valence-corrected chi connectivity index (χ2v) is 5.80. The summed E-state index contributed by atoms with van der Waals surface area (Å²) in [4.78, 5) is 0. The second kappa shape index (κ2) is 7.11. The predicted molar refractivity (Wildman–Crippen MR) is 70.5 cm³/mol. The molecule has 0 heterocycles. The van der Waals surface area contributed by atoms with Crippen molar-refractivity contribution in [3.05, 3.63) is 35.9 Å². The van der Waals surface area contributed by atoms with Gasteiger partial charge in [-0.05, 0) is 5.56 Å². The summed E-state index contributed by atoms with van der Waals surface area (Å²) < 4.78 is 24.0. The van der Waals surface area contributed by atoms with E-state index in [2.05, 4.69) is 16.1 Å². The third-order valence-electron chi connectivity index (χ3n) is 2.37. The summed E-state index contributed by atoms with van der Waals surface area (Å²) in [5.74, 6) is -0.218. The van der Waals surface area contributed by atoms with Crippen molar-refractivity contribution in [2.24, 2.45) is 0 Å². The lowest BCUT2D eigenvalue weighted by atomic mass is 10.0. The van der Waals surface area contributed by atoms with Gasteiger partial charge in [0.1, 0.15) is 0 Å². The maximum atomic E-state index is 10.8. The smallest absolute Gasteiger partial charge is 0.208 e. The first-order valence-corrected chi connectivity index (χ1v) is 7.52. The van der Waals surface area contributed by atoms with Crippen LogP contribution in [0, 0.1) is 11.3 Å². The number of hydrogen-bond donors (Lipinski definition) is 2. The number of nitriles is 1. The Labute approximate surface area is 108 Å². The molecule has 0 bridgehead atoms. The van der Waals surface area contributed by atoms with E-state index in [0.29, 0.717) is 19.6 Å². The fraction of sp³-hybridized carbons (Fsp3) is 0.417. The number of nitrogens with zero attached hydrogens (tertiary/aromatic N) is 1. The minimum Gasteiger partial charge on any atom is -0.314 e. The second-order valence-electron chi connectivity index (χ2n) is 3.96. The van der Waals surface area contributed by atoms with Crippen LogP contribution < -0.4 is 10.0 Å². The number of benzene rings is 1. The highest BCUT2D eigenvalue weighted by atomic mass is 32.2. The van der Waals surface area contributed by atoms with Gasteiger partial charge < -0.3 is 5.32 Å². The molecule has 0 radical (unpaired) electrons. The Morgan fingerprint density at radius 3 is 2.50 bits per heavy atom. The van der Waals surface area contributed by atoms with Crippen molar-refractivity contribution in [2.75, 3.05) is 25.9 Å². The number of rotatable bonds is 7. The molecule has 0 aromatic heterocycles. The van der Waals surface area contributed by atoms with E-state index < -0.39 is 10.0 Å². The molecule has 0 aliphatic rings. The van der Waals surface area contributed by atoms with Crippen LogP contribution in [-0.4, -0.2) is 34.3 Å². The van der Waals surface area contributed by atoms with E-state index in [1.54, 1.807) is 0 Å². The SMILES string of the molecule is CS(=O)(=O)NCCNCC(C#N)c1ccccc1. The van der Waals surface area contributed by atoms with Gasteiger partial charge in [-0.25, -0.2) is 13.1 Å². The normalized spacial score (nSPS) is 12.9. The molecule has 0 spiro atoms. The molecule has 0 aliphatic heterocycles. The standard InChI is InChI=1S/C12H17N3O2S/c1-18(16,17)15-8-7-14-10-12(9-13)11-5-3-2-4-6-11/h2-6,12,14-15H,7-8,10H2,1H3. The summed E-state index contributed by atoms with van der Waals surface area (Å²) in [7, 11) is -3.14. The summed E-state index contributed by atoms with van der Waals surface area (Å²) in [5, 5.41) is 12.1. The van der Waals surface area contributed by atoms with E-state index in [0.717, 1.165) is 11.8 Å². The highest BCUT2D eigenvalue weighted by molar-refractivity contribution is 7.88. The van der Waals surface area contributed by atoms with Gasteiger partial charge >= 0.3 is 0 Å². The van der Waals surface area contributed by atoms with Crippen LogP contribution in [0.2, 0.25) is 0 Å². The maximum Gasteiger partial charge on any atom is 0.208 e. The van der Waals surface area contributed by atoms with E-state index in [9.17, 15) is 8.42 Å². The molecule has 0 amide bonds. The molecule has 1 atom stereocenters. The van der Waals surface area contributed by atoms with Gasteiger partial charge in [-0.2, -0.15) is 5.26 Å². The summed E-state index contributed by atoms with van der Waals surface area (Å²) in [5.41, 5.74) is 0.962. The Hall–Kier alpha value is -1.42. The van der Waals surface area contributed by atoms with E-state index in [1.807, 2.05) is 30.3 Å². The molecule has 6 heteroatoms. The Kier molecular flexibility index (Phi) is 5.78. The van der Waals surface area contributed by atoms with Crippen molar-refractivity contribution in [1.29, 1.82) is 5.26 Å². The molecule has 0 fully saturated rings. The zero-order valence-electron chi connectivity index (χ0n) is 10.3. The summed E-state index contributed by atoms with van der Waals surface area (Å²) in [6.45, 7) is 1.33. The van der Waals surface area contributed by atoms with Gasteiger partial charge in [-0.15, -0.1) is 0 Å². The van der Waals surface area contributed by atoms with Crippen molar-refractivity contribution in [3.8, 4) is 6.07 Å². The van der Waals surface area contributed by atoms with Crippen molar-refractivity contribution in [2.45, 2.75) is 5.92 Å². The number of nitrogens with one attached hydrogen (secondary N) is 2. The van der Waals surface area contributed by atoms with E-state index in [1.165, 1.54) is 0 Å². The molecule has 1 rings (SSSR count). The maximum absolute atomic E-state index is 10.8. The van der Waals surface area contributed by atoms with E-state index in [4.69, 9.17) is 5.26 Å². The third-order valence-corrected chi connectivity index (χ3v) is 3.10. The number of hydrogen-bond acceptors (Lipinski definition) is 4. The third kappa shape index (κ3) is 5.77. The Morgan fingerprint density at radius 2 is 1.94 bits per heavy atom. The topological polar surface area (TPSA) is 82.0 Å². The lowest BCUT2D eigenvalue weighted by molar-refractivity contribution is 0.579. The monoisotopic (exact) mass is 267 g/mol. The van der Waals surface area contributed by atoms with Gasteiger partial charge in [0.05, 0.1) is 18.2 Å². The molecule has 0 aliphatic carbocycles. The van der Waals surface area contributed by atoms with Crippen molar-refractivity contribution < 1.29 is 8.42 Å². The highest BCUT2D eigenvalue weighted by Crippen LogP contribution is 2.12. The first-order valence-electron chi connectivity index (χ1n) is 5.63. The highest BCUT2D eigenvalue weighted by Gasteiger charge is 2.09. The van der Waals surface area contributed by atoms with Crippen LogP contribution in [0.1, 0.15) is 11.5 Å². The molecule has 1 aromatic carbocycles. The zero-order chi connectivity index (χ0) is 13.4. The fourth-order valence-electron chi connectivity index (χ4n) is 1.49. The van der Waals surface area contributed by atoms with Gasteiger partial charge in [-0.1, -0.05) is 30.3 Å². The molecule has 0 saturated heterocycles. The van der Waals surface area contributed by atoms with Crippen molar-refractivity contribution in [3.63, 3.8) is 0 Å². The molecule has 5 nitrogen and oxygen atoms in total. The van der Waals surface area contributed by atoms with Crippen LogP contribution >= 0.6 is 0 Å². The predicted octanol–water partition coefficient (Wildman–Crippen LogP) is 0.433. The molecule has 2 N–H and O–H groups in total. The fourth-order valence-corrected chi connectivity index (χ4v) is 1.97. The summed E-state index contributed by atoms with van der Waals surface area (Å²) in [6, 6.07) is 11.7. The van der Waals surface area contributed by atoms with Gasteiger partial charge in [-0.3, -0.25) is 0 Å². The molecular weight excluding hydrogens is 250 g/mol. The average Bonchev–Trinajstić information content (AvgIpc) is 2.33. The zero-order valence-corrected chi connectivity index (χ0v) is 11.1. The minimum absolute atomic E-state index is 0.218. The molecule has 1 unspecified atom stereocenters. The van der Waals surface area contributed by atoms with Gasteiger partial charge in [0.15, 0.2) is 0 Å². The molecule has 18 heavy (non-hydrogen) atoms. The van der Waals surface area contributed by atoms with Crippen molar-refractivity contribution in [1.82, 2.24) is 10.0 Å². The first-order chi connectivity index (χ1) is 8.53. The Morgan fingerprint density at radius 1 is 1.28 bits per heavy atom. The number of sulfonamides is 1.